The first-order valence-corrected chi connectivity index (χ1v) is 9.56. The molecule has 1 saturated heterocycles. The van der Waals surface area contributed by atoms with E-state index < -0.39 is 0 Å². The molecule has 1 aromatic heterocycles. The fourth-order valence-electron chi connectivity index (χ4n) is 3.57. The molecule has 0 bridgehead atoms. The van der Waals surface area contributed by atoms with E-state index in [0.717, 1.165) is 18.8 Å². The number of aromatic nitrogens is 1. The molecule has 28 heavy (non-hydrogen) atoms. The number of amides is 1. The van der Waals surface area contributed by atoms with Gasteiger partial charge in [-0.3, -0.25) is 4.98 Å². The summed E-state index contributed by atoms with van der Waals surface area (Å²) in [7, 11) is 1.80. The van der Waals surface area contributed by atoms with Crippen LogP contribution in [0.15, 0.2) is 54.9 Å². The predicted molar refractivity (Wildman–Crippen MR) is 106 cm³/mol. The van der Waals surface area contributed by atoms with E-state index in [1.54, 1.807) is 38.5 Å². The van der Waals surface area contributed by atoms with Gasteiger partial charge in [-0.15, -0.1) is 5.01 Å². The van der Waals surface area contributed by atoms with Crippen LogP contribution in [-0.2, 0) is 9.53 Å². The van der Waals surface area contributed by atoms with Gasteiger partial charge in [0.2, 0.25) is 6.54 Å². The summed E-state index contributed by atoms with van der Waals surface area (Å²) in [5.41, 5.74) is 1.70. The Bertz CT molecular complexity index is 792. The van der Waals surface area contributed by atoms with Gasteiger partial charge in [0.05, 0.1) is 32.3 Å². The van der Waals surface area contributed by atoms with Gasteiger partial charge in [0.1, 0.15) is 0 Å². The average molecular weight is 383 g/mol. The first-order chi connectivity index (χ1) is 13.5. The van der Waals surface area contributed by atoms with Crippen LogP contribution in [-0.4, -0.2) is 72.8 Å². The van der Waals surface area contributed by atoms with E-state index in [1.165, 1.54) is 0 Å². The van der Waals surface area contributed by atoms with E-state index in [0.29, 0.717) is 25.3 Å². The normalized spacial score (nSPS) is 17.0. The summed E-state index contributed by atoms with van der Waals surface area (Å²) in [5.74, 6) is -0.475. The molecule has 7 nitrogen and oxygen atoms in total. The van der Waals surface area contributed by atoms with Gasteiger partial charge in [-0.2, -0.15) is 4.59 Å². The number of anilines is 1. The number of esters is 1. The van der Waals surface area contributed by atoms with E-state index in [4.69, 9.17) is 4.74 Å². The standard InChI is InChI=1S/C21H27N4O3/c1-3-28-20(26)17-25(2,21(27)18-7-5-4-6-8-18)24-15-13-23(14-16-24)19-9-11-22-12-10-19/h4-12H,3,13-17H2,1-2H3/q+1. The number of nitrogens with zero attached hydrogens (tertiary/aromatic N) is 4. The van der Waals surface area contributed by atoms with Crippen molar-refractivity contribution in [1.29, 1.82) is 0 Å². The lowest BCUT2D eigenvalue weighted by Gasteiger charge is -2.44. The van der Waals surface area contributed by atoms with Crippen molar-refractivity contribution in [2.24, 2.45) is 0 Å². The maximum absolute atomic E-state index is 13.4. The van der Waals surface area contributed by atoms with Crippen LogP contribution in [0.1, 0.15) is 17.3 Å². The summed E-state index contributed by atoms with van der Waals surface area (Å²) in [6.45, 7) is 4.92. The lowest BCUT2D eigenvalue weighted by atomic mass is 10.2. The Labute approximate surface area is 165 Å². The molecule has 0 N–H and O–H groups in total. The first kappa shape index (κ1) is 20.0. The molecule has 1 aliphatic rings. The van der Waals surface area contributed by atoms with Crippen LogP contribution in [0.2, 0.25) is 0 Å². The molecule has 1 amide bonds. The minimum absolute atomic E-state index is 0.0170. The second-order valence-corrected chi connectivity index (χ2v) is 6.92. The van der Waals surface area contributed by atoms with Crippen LogP contribution < -0.4 is 4.90 Å². The molecule has 2 aromatic rings. The molecule has 0 saturated carbocycles. The third-order valence-corrected chi connectivity index (χ3v) is 5.11. The monoisotopic (exact) mass is 383 g/mol. The fraction of sp³-hybridized carbons (Fsp3) is 0.381. The highest BCUT2D eigenvalue weighted by atomic mass is 16.5. The SMILES string of the molecule is CCOC(=O)C[N+](C)(C(=O)c1ccccc1)N1CCN(c2ccncc2)CC1. The van der Waals surface area contributed by atoms with Gasteiger partial charge in [-0.05, 0) is 31.2 Å². The minimum atomic E-state index is -0.370. The molecule has 1 aromatic carbocycles. The third-order valence-electron chi connectivity index (χ3n) is 5.11. The molecule has 0 spiro atoms. The van der Waals surface area contributed by atoms with Crippen molar-refractivity contribution in [3.8, 4) is 0 Å². The van der Waals surface area contributed by atoms with Gasteiger partial charge >= 0.3 is 11.9 Å². The summed E-state index contributed by atoms with van der Waals surface area (Å²) >= 11 is 0. The number of carbonyl (C=O) groups is 2. The summed E-state index contributed by atoms with van der Waals surface area (Å²) in [6.07, 6.45) is 3.56. The number of quaternary nitrogens is 1. The molecular weight excluding hydrogens is 356 g/mol. The number of pyridine rings is 1. The second-order valence-electron chi connectivity index (χ2n) is 6.92. The highest BCUT2D eigenvalue weighted by Gasteiger charge is 2.43. The first-order valence-electron chi connectivity index (χ1n) is 9.56. The predicted octanol–water partition coefficient (Wildman–Crippen LogP) is 1.97. The average Bonchev–Trinajstić information content (AvgIpc) is 2.74. The Hall–Kier alpha value is -2.77. The Morgan fingerprint density at radius 2 is 1.68 bits per heavy atom. The van der Waals surface area contributed by atoms with Crippen molar-refractivity contribution < 1.29 is 18.9 Å². The van der Waals surface area contributed by atoms with E-state index in [-0.39, 0.29) is 23.0 Å². The lowest BCUT2D eigenvalue weighted by Crippen LogP contribution is -2.67. The molecule has 1 atom stereocenters. The van der Waals surface area contributed by atoms with Gasteiger partial charge in [0.15, 0.2) is 0 Å². The quantitative estimate of drug-likeness (QED) is 0.561. The number of carbonyl (C=O) groups excluding carboxylic acids is 2. The van der Waals surface area contributed by atoms with Crippen LogP contribution in [0, 0.1) is 0 Å². The number of hydrogen-bond acceptors (Lipinski definition) is 6. The number of rotatable bonds is 6. The van der Waals surface area contributed by atoms with E-state index in [1.807, 2.05) is 30.3 Å². The maximum atomic E-state index is 13.4. The van der Waals surface area contributed by atoms with Gasteiger partial charge < -0.3 is 9.64 Å². The molecular formula is C21H27N4O3+. The zero-order valence-corrected chi connectivity index (χ0v) is 16.5. The topological polar surface area (TPSA) is 62.7 Å². The van der Waals surface area contributed by atoms with E-state index in [2.05, 4.69) is 14.9 Å². The zero-order chi connectivity index (χ0) is 20.0. The van der Waals surface area contributed by atoms with Gasteiger partial charge in [0, 0.05) is 31.2 Å². The number of benzene rings is 1. The molecule has 1 fully saturated rings. The van der Waals surface area contributed by atoms with Crippen molar-refractivity contribution >= 4 is 17.6 Å². The molecule has 1 unspecified atom stereocenters. The number of hydrogen-bond donors (Lipinski definition) is 0. The molecule has 148 valence electrons. The van der Waals surface area contributed by atoms with Gasteiger partial charge in [0.25, 0.3) is 0 Å². The number of piperazine rings is 1. The van der Waals surface area contributed by atoms with Crippen LogP contribution in [0.5, 0.6) is 0 Å². The molecule has 3 rings (SSSR count). The fourth-order valence-corrected chi connectivity index (χ4v) is 3.57. The van der Waals surface area contributed by atoms with Gasteiger partial charge in [-0.25, -0.2) is 9.59 Å². The molecule has 2 heterocycles. The Kier molecular flexibility index (Phi) is 6.38. The minimum Gasteiger partial charge on any atom is -0.462 e. The number of ether oxygens (including phenoxy) is 1. The van der Waals surface area contributed by atoms with E-state index in [9.17, 15) is 9.59 Å². The van der Waals surface area contributed by atoms with Crippen LogP contribution in [0.4, 0.5) is 5.69 Å². The largest absolute Gasteiger partial charge is 0.462 e. The van der Waals surface area contributed by atoms with Crippen LogP contribution in [0.25, 0.3) is 0 Å². The Morgan fingerprint density at radius 3 is 2.29 bits per heavy atom. The van der Waals surface area contributed by atoms with Crippen LogP contribution in [0.3, 0.4) is 0 Å². The molecule has 1 aliphatic heterocycles. The van der Waals surface area contributed by atoms with Crippen molar-refractivity contribution in [3.63, 3.8) is 0 Å². The maximum Gasteiger partial charge on any atom is 0.365 e. The summed E-state index contributed by atoms with van der Waals surface area (Å²) in [6, 6.07) is 13.1. The van der Waals surface area contributed by atoms with Crippen molar-refractivity contribution in [1.82, 2.24) is 9.99 Å². The third kappa shape index (κ3) is 4.37. The van der Waals surface area contributed by atoms with Crippen molar-refractivity contribution in [3.05, 3.63) is 60.4 Å². The smallest absolute Gasteiger partial charge is 0.365 e. The van der Waals surface area contributed by atoms with E-state index >= 15 is 0 Å². The van der Waals surface area contributed by atoms with Crippen molar-refractivity contribution in [2.45, 2.75) is 6.92 Å². The summed E-state index contributed by atoms with van der Waals surface area (Å²) in [5, 5.41) is 2.06. The number of likely N-dealkylation sites (N-methyl/N-ethyl adjacent to an activating group) is 1. The molecule has 7 heteroatoms. The summed E-state index contributed by atoms with van der Waals surface area (Å²) in [4.78, 5) is 32.0. The zero-order valence-electron chi connectivity index (χ0n) is 16.5. The molecule has 0 radical (unpaired) electrons. The van der Waals surface area contributed by atoms with Crippen molar-refractivity contribution in [2.75, 3.05) is 51.3 Å². The lowest BCUT2D eigenvalue weighted by molar-refractivity contribution is -0.942. The Morgan fingerprint density at radius 1 is 1.04 bits per heavy atom. The highest BCUT2D eigenvalue weighted by Crippen LogP contribution is 2.21. The molecule has 0 aliphatic carbocycles. The second kappa shape index (κ2) is 8.95. The summed E-state index contributed by atoms with van der Waals surface area (Å²) < 4.78 is 5.04. The Balaban J connectivity index is 1.79. The highest BCUT2D eigenvalue weighted by molar-refractivity contribution is 5.90. The van der Waals surface area contributed by atoms with Crippen LogP contribution >= 0.6 is 0 Å². The van der Waals surface area contributed by atoms with Gasteiger partial charge in [-0.1, -0.05) is 18.2 Å².